The third-order valence-electron chi connectivity index (χ3n) is 3.84. The molecule has 1 aromatic heterocycles. The summed E-state index contributed by atoms with van der Waals surface area (Å²) in [6.07, 6.45) is 1.42. The van der Waals surface area contributed by atoms with E-state index < -0.39 is 12.5 Å². The first-order valence-electron chi connectivity index (χ1n) is 8.12. The lowest BCUT2D eigenvalue weighted by Gasteiger charge is -2.14. The number of halogens is 3. The summed E-state index contributed by atoms with van der Waals surface area (Å²) in [5.74, 6) is 0.205. The Morgan fingerprint density at radius 1 is 1.11 bits per heavy atom. The summed E-state index contributed by atoms with van der Waals surface area (Å²) >= 11 is 5.80. The van der Waals surface area contributed by atoms with Crippen molar-refractivity contribution in [3.05, 3.63) is 71.5 Å². The molecule has 1 amide bonds. The molecule has 0 aliphatic heterocycles. The van der Waals surface area contributed by atoms with Crippen molar-refractivity contribution >= 4 is 23.2 Å². The molecule has 3 aromatic rings. The van der Waals surface area contributed by atoms with E-state index in [0.717, 1.165) is 0 Å². The van der Waals surface area contributed by atoms with Gasteiger partial charge in [-0.3, -0.25) is 4.79 Å². The molecule has 0 saturated heterocycles. The molecule has 8 heteroatoms. The molecule has 0 atom stereocenters. The topological polar surface area (TPSA) is 60.5 Å². The molecule has 0 saturated carbocycles. The van der Waals surface area contributed by atoms with Gasteiger partial charge in [0.05, 0.1) is 7.11 Å². The lowest BCUT2D eigenvalue weighted by Crippen LogP contribution is -2.12. The second-order valence-electron chi connectivity index (χ2n) is 5.64. The van der Waals surface area contributed by atoms with Crippen molar-refractivity contribution in [2.75, 3.05) is 12.4 Å². The highest BCUT2D eigenvalue weighted by atomic mass is 35.5. The molecule has 0 aliphatic rings. The molecule has 28 heavy (non-hydrogen) atoms. The maximum Gasteiger partial charge on any atom is 0.387 e. The number of ether oxygens (including phenoxy) is 2. The van der Waals surface area contributed by atoms with Gasteiger partial charge in [0, 0.05) is 23.0 Å². The fourth-order valence-electron chi connectivity index (χ4n) is 2.55. The van der Waals surface area contributed by atoms with Crippen LogP contribution in [-0.4, -0.2) is 24.6 Å². The Balaban J connectivity index is 1.93. The number of hydrogen-bond acceptors (Lipinski definition) is 4. The highest BCUT2D eigenvalue weighted by Gasteiger charge is 2.14. The average Bonchev–Trinajstić information content (AvgIpc) is 2.69. The number of aromatic nitrogens is 1. The van der Waals surface area contributed by atoms with E-state index in [9.17, 15) is 13.6 Å². The van der Waals surface area contributed by atoms with Crippen LogP contribution in [0.5, 0.6) is 11.5 Å². The van der Waals surface area contributed by atoms with Crippen LogP contribution in [0, 0.1) is 0 Å². The summed E-state index contributed by atoms with van der Waals surface area (Å²) in [4.78, 5) is 16.2. The summed E-state index contributed by atoms with van der Waals surface area (Å²) in [6, 6.07) is 14.2. The van der Waals surface area contributed by atoms with Crippen LogP contribution in [0.1, 0.15) is 10.4 Å². The van der Waals surface area contributed by atoms with Crippen molar-refractivity contribution in [3.63, 3.8) is 0 Å². The molecule has 0 fully saturated rings. The zero-order chi connectivity index (χ0) is 20.1. The minimum absolute atomic E-state index is 0.00915. The molecule has 0 radical (unpaired) electrons. The zero-order valence-corrected chi connectivity index (χ0v) is 15.4. The second kappa shape index (κ2) is 8.67. The molecule has 2 aromatic carbocycles. The van der Waals surface area contributed by atoms with E-state index in [1.165, 1.54) is 37.6 Å². The van der Waals surface area contributed by atoms with Crippen molar-refractivity contribution in [2.45, 2.75) is 6.61 Å². The molecule has 0 aliphatic carbocycles. The smallest absolute Gasteiger partial charge is 0.387 e. The third kappa shape index (κ3) is 4.75. The van der Waals surface area contributed by atoms with Gasteiger partial charge in [-0.1, -0.05) is 23.7 Å². The molecule has 0 bridgehead atoms. The number of carbonyl (C=O) groups is 1. The van der Waals surface area contributed by atoms with Gasteiger partial charge in [0.15, 0.2) is 0 Å². The van der Waals surface area contributed by atoms with Gasteiger partial charge >= 0.3 is 6.61 Å². The number of rotatable bonds is 6. The largest absolute Gasteiger partial charge is 0.497 e. The van der Waals surface area contributed by atoms with Crippen LogP contribution in [0.25, 0.3) is 11.1 Å². The van der Waals surface area contributed by atoms with Gasteiger partial charge in [0.1, 0.15) is 16.7 Å². The number of nitrogens with zero attached hydrogens (tertiary/aromatic N) is 1. The molecule has 5 nitrogen and oxygen atoms in total. The molecule has 0 unspecified atom stereocenters. The number of amides is 1. The molecular formula is C20H15ClF2N2O3. The van der Waals surface area contributed by atoms with Crippen molar-refractivity contribution < 1.29 is 23.0 Å². The molecule has 1 heterocycles. The normalized spacial score (nSPS) is 10.6. The highest BCUT2D eigenvalue weighted by molar-refractivity contribution is 6.29. The number of benzene rings is 2. The van der Waals surface area contributed by atoms with Crippen molar-refractivity contribution in [2.24, 2.45) is 0 Å². The number of anilines is 1. The van der Waals surface area contributed by atoms with Crippen LogP contribution < -0.4 is 14.8 Å². The minimum atomic E-state index is -2.98. The summed E-state index contributed by atoms with van der Waals surface area (Å²) in [6.45, 7) is -2.98. The van der Waals surface area contributed by atoms with E-state index in [0.29, 0.717) is 28.1 Å². The highest BCUT2D eigenvalue weighted by Crippen LogP contribution is 2.34. The lowest BCUT2D eigenvalue weighted by molar-refractivity contribution is -0.0494. The van der Waals surface area contributed by atoms with Gasteiger partial charge in [-0.15, -0.1) is 0 Å². The Morgan fingerprint density at radius 3 is 2.50 bits per heavy atom. The first-order chi connectivity index (χ1) is 13.5. The Morgan fingerprint density at radius 2 is 1.86 bits per heavy atom. The van der Waals surface area contributed by atoms with Gasteiger partial charge in [-0.2, -0.15) is 8.78 Å². The second-order valence-corrected chi connectivity index (χ2v) is 6.03. The molecule has 3 rings (SSSR count). The van der Waals surface area contributed by atoms with Gasteiger partial charge in [-0.05, 0) is 48.0 Å². The lowest BCUT2D eigenvalue weighted by atomic mass is 10.0. The number of hydrogen-bond donors (Lipinski definition) is 1. The van der Waals surface area contributed by atoms with Crippen LogP contribution in [-0.2, 0) is 0 Å². The standard InChI is InChI=1S/C20H15ClF2N2O3/c1-27-15-5-2-12(3-6-15)16-11-14(4-7-17(16)28-20(22)23)25-19(26)13-8-9-24-18(21)10-13/h2-11,20H,1H3,(H,25,26). The predicted molar refractivity (Wildman–Crippen MR) is 102 cm³/mol. The van der Waals surface area contributed by atoms with E-state index in [2.05, 4.69) is 15.0 Å². The summed E-state index contributed by atoms with van der Waals surface area (Å²) in [5.41, 5.74) is 1.75. The average molecular weight is 405 g/mol. The van der Waals surface area contributed by atoms with E-state index >= 15 is 0 Å². The third-order valence-corrected chi connectivity index (χ3v) is 4.05. The van der Waals surface area contributed by atoms with Gasteiger partial charge in [0.2, 0.25) is 0 Å². The van der Waals surface area contributed by atoms with Crippen molar-refractivity contribution in [3.8, 4) is 22.6 Å². The molecule has 0 spiro atoms. The maximum absolute atomic E-state index is 12.8. The van der Waals surface area contributed by atoms with Crippen LogP contribution in [0.4, 0.5) is 14.5 Å². The molecule has 144 valence electrons. The van der Waals surface area contributed by atoms with Crippen molar-refractivity contribution in [1.82, 2.24) is 4.98 Å². The minimum Gasteiger partial charge on any atom is -0.497 e. The summed E-state index contributed by atoms with van der Waals surface area (Å²) in [5, 5.41) is 2.89. The van der Waals surface area contributed by atoms with Gasteiger partial charge in [-0.25, -0.2) is 4.98 Å². The van der Waals surface area contributed by atoms with E-state index in [4.69, 9.17) is 16.3 Å². The van der Waals surface area contributed by atoms with Crippen LogP contribution in [0.3, 0.4) is 0 Å². The SMILES string of the molecule is COc1ccc(-c2cc(NC(=O)c3ccnc(Cl)c3)ccc2OC(F)F)cc1. The Labute approximate surface area is 164 Å². The Bertz CT molecular complexity index is 981. The monoisotopic (exact) mass is 404 g/mol. The van der Waals surface area contributed by atoms with Gasteiger partial charge in [0.25, 0.3) is 5.91 Å². The number of nitrogens with one attached hydrogen (secondary N) is 1. The summed E-state index contributed by atoms with van der Waals surface area (Å²) < 4.78 is 35.3. The fraction of sp³-hybridized carbons (Fsp3) is 0.100. The van der Waals surface area contributed by atoms with E-state index in [1.54, 1.807) is 30.3 Å². The summed E-state index contributed by atoms with van der Waals surface area (Å²) in [7, 11) is 1.53. The van der Waals surface area contributed by atoms with E-state index in [1.807, 2.05) is 0 Å². The Hall–Kier alpha value is -3.19. The molecule has 1 N–H and O–H groups in total. The number of alkyl halides is 2. The number of carbonyl (C=O) groups excluding carboxylic acids is 1. The molecular weight excluding hydrogens is 390 g/mol. The fourth-order valence-corrected chi connectivity index (χ4v) is 2.72. The van der Waals surface area contributed by atoms with Gasteiger partial charge < -0.3 is 14.8 Å². The van der Waals surface area contributed by atoms with Crippen LogP contribution in [0.2, 0.25) is 5.15 Å². The first-order valence-corrected chi connectivity index (χ1v) is 8.50. The first kappa shape index (κ1) is 19.6. The maximum atomic E-state index is 12.8. The van der Waals surface area contributed by atoms with Crippen LogP contribution in [0.15, 0.2) is 60.8 Å². The predicted octanol–water partition coefficient (Wildman–Crippen LogP) is 5.26. The van der Waals surface area contributed by atoms with E-state index in [-0.39, 0.29) is 10.9 Å². The Kier molecular flexibility index (Phi) is 6.06. The number of pyridine rings is 1. The zero-order valence-electron chi connectivity index (χ0n) is 14.7. The van der Waals surface area contributed by atoms with Crippen LogP contribution >= 0.6 is 11.6 Å². The van der Waals surface area contributed by atoms with Crippen molar-refractivity contribution in [1.29, 1.82) is 0 Å². The number of methoxy groups -OCH3 is 1. The quantitative estimate of drug-likeness (QED) is 0.569.